The number of nitrogens with zero attached hydrogens (tertiary/aromatic N) is 5. The van der Waals surface area contributed by atoms with Crippen LogP contribution in [0.15, 0.2) is 36.5 Å². The van der Waals surface area contributed by atoms with Crippen LogP contribution in [0.4, 0.5) is 0 Å². The van der Waals surface area contributed by atoms with E-state index in [2.05, 4.69) is 28.1 Å². The molecular formula is C18H19N5O. The van der Waals surface area contributed by atoms with Gasteiger partial charge in [0.1, 0.15) is 5.69 Å². The molecule has 1 atom stereocenters. The molecule has 1 amide bonds. The predicted octanol–water partition coefficient (Wildman–Crippen LogP) is 2.53. The lowest BCUT2D eigenvalue weighted by Gasteiger charge is -2.17. The van der Waals surface area contributed by atoms with Crippen molar-refractivity contribution >= 4 is 16.9 Å². The number of carbonyl (C=O) groups is 1. The maximum atomic E-state index is 12.8. The smallest absolute Gasteiger partial charge is 0.274 e. The Balaban J connectivity index is 1.55. The molecule has 0 aliphatic carbocycles. The third-order valence-electron chi connectivity index (χ3n) is 4.51. The quantitative estimate of drug-likeness (QED) is 0.727. The van der Waals surface area contributed by atoms with Gasteiger partial charge in [0.25, 0.3) is 5.91 Å². The first-order chi connectivity index (χ1) is 11.6. The second-order valence-corrected chi connectivity index (χ2v) is 6.31. The molecule has 0 N–H and O–H groups in total. The van der Waals surface area contributed by atoms with Crippen molar-refractivity contribution < 1.29 is 4.79 Å². The van der Waals surface area contributed by atoms with Crippen molar-refractivity contribution in [3.63, 3.8) is 0 Å². The lowest BCUT2D eigenvalue weighted by atomic mass is 10.2. The van der Waals surface area contributed by atoms with E-state index >= 15 is 0 Å². The van der Waals surface area contributed by atoms with Crippen LogP contribution >= 0.6 is 0 Å². The van der Waals surface area contributed by atoms with E-state index in [4.69, 9.17) is 0 Å². The Morgan fingerprint density at radius 1 is 1.21 bits per heavy atom. The molecule has 0 saturated carbocycles. The molecule has 1 aliphatic rings. The monoisotopic (exact) mass is 321 g/mol. The van der Waals surface area contributed by atoms with Gasteiger partial charge in [-0.05, 0) is 38.5 Å². The van der Waals surface area contributed by atoms with Crippen LogP contribution in [-0.4, -0.2) is 43.6 Å². The molecule has 0 spiro atoms. The van der Waals surface area contributed by atoms with Crippen LogP contribution in [0, 0.1) is 13.8 Å². The molecule has 1 saturated heterocycles. The van der Waals surface area contributed by atoms with Crippen molar-refractivity contribution in [1.29, 1.82) is 0 Å². The zero-order valence-corrected chi connectivity index (χ0v) is 13.8. The third kappa shape index (κ3) is 2.54. The molecule has 4 rings (SSSR count). The standard InChI is InChI=1S/C18H19N5O/c1-12-9-13(2)23(21-12)14-7-8-22(11-14)18(24)17-10-19-15-5-3-4-6-16(15)20-17/h3-6,9-10,14H,7-8,11H2,1-2H3. The summed E-state index contributed by atoms with van der Waals surface area (Å²) in [6.07, 6.45) is 2.48. The fraction of sp³-hybridized carbons (Fsp3) is 0.333. The normalized spacial score (nSPS) is 17.6. The van der Waals surface area contributed by atoms with Gasteiger partial charge in [0.05, 0.1) is 29.0 Å². The lowest BCUT2D eigenvalue weighted by molar-refractivity contribution is 0.0781. The van der Waals surface area contributed by atoms with E-state index in [0.717, 1.165) is 35.4 Å². The number of para-hydroxylation sites is 2. The van der Waals surface area contributed by atoms with Crippen LogP contribution in [0.2, 0.25) is 0 Å². The van der Waals surface area contributed by atoms with Gasteiger partial charge in [0.15, 0.2) is 0 Å². The van der Waals surface area contributed by atoms with Crippen molar-refractivity contribution in [2.75, 3.05) is 13.1 Å². The number of fused-ring (bicyclic) bond motifs is 1. The summed E-state index contributed by atoms with van der Waals surface area (Å²) in [5.41, 5.74) is 4.10. The number of aryl methyl sites for hydroxylation is 2. The van der Waals surface area contributed by atoms with Crippen LogP contribution in [0.5, 0.6) is 0 Å². The van der Waals surface area contributed by atoms with Gasteiger partial charge < -0.3 is 4.90 Å². The van der Waals surface area contributed by atoms with E-state index in [-0.39, 0.29) is 11.9 Å². The van der Waals surface area contributed by atoms with Crippen molar-refractivity contribution in [2.45, 2.75) is 26.3 Å². The number of amides is 1. The Labute approximate surface area is 140 Å². The summed E-state index contributed by atoms with van der Waals surface area (Å²) >= 11 is 0. The van der Waals surface area contributed by atoms with Gasteiger partial charge in [-0.3, -0.25) is 14.5 Å². The van der Waals surface area contributed by atoms with Crippen LogP contribution in [0.1, 0.15) is 34.3 Å². The number of likely N-dealkylation sites (tertiary alicyclic amines) is 1. The summed E-state index contributed by atoms with van der Waals surface area (Å²) in [5, 5.41) is 4.55. The average molecular weight is 321 g/mol. The molecule has 122 valence electrons. The fourth-order valence-electron chi connectivity index (χ4n) is 3.36. The van der Waals surface area contributed by atoms with E-state index in [1.807, 2.05) is 40.8 Å². The summed E-state index contributed by atoms with van der Waals surface area (Å²) in [4.78, 5) is 23.4. The van der Waals surface area contributed by atoms with Crippen molar-refractivity contribution in [2.24, 2.45) is 0 Å². The minimum atomic E-state index is -0.0581. The van der Waals surface area contributed by atoms with Crippen molar-refractivity contribution in [3.05, 3.63) is 53.6 Å². The number of hydrogen-bond donors (Lipinski definition) is 0. The van der Waals surface area contributed by atoms with Gasteiger partial charge >= 0.3 is 0 Å². The van der Waals surface area contributed by atoms with Gasteiger partial charge in [0.2, 0.25) is 0 Å². The van der Waals surface area contributed by atoms with Gasteiger partial charge in [0, 0.05) is 18.8 Å². The lowest BCUT2D eigenvalue weighted by Crippen LogP contribution is -2.30. The van der Waals surface area contributed by atoms with Gasteiger partial charge in [-0.25, -0.2) is 4.98 Å². The number of rotatable bonds is 2. The van der Waals surface area contributed by atoms with E-state index in [1.54, 1.807) is 6.20 Å². The molecule has 1 aliphatic heterocycles. The summed E-state index contributed by atoms with van der Waals surface area (Å²) in [6, 6.07) is 9.89. The molecular weight excluding hydrogens is 302 g/mol. The molecule has 1 unspecified atom stereocenters. The average Bonchev–Trinajstić information content (AvgIpc) is 3.20. The molecule has 2 aromatic heterocycles. The highest BCUT2D eigenvalue weighted by molar-refractivity contribution is 5.94. The summed E-state index contributed by atoms with van der Waals surface area (Å²) in [5.74, 6) is -0.0581. The Bertz CT molecular complexity index is 917. The molecule has 0 bridgehead atoms. The van der Waals surface area contributed by atoms with E-state index in [1.165, 1.54) is 0 Å². The minimum Gasteiger partial charge on any atom is -0.335 e. The highest BCUT2D eigenvalue weighted by atomic mass is 16.2. The zero-order chi connectivity index (χ0) is 16.7. The number of hydrogen-bond acceptors (Lipinski definition) is 4. The SMILES string of the molecule is Cc1cc(C)n(C2CCN(C(=O)c3cnc4ccccc4n3)C2)n1. The van der Waals surface area contributed by atoms with Gasteiger partial charge in [-0.2, -0.15) is 5.10 Å². The van der Waals surface area contributed by atoms with Crippen molar-refractivity contribution in [3.8, 4) is 0 Å². The van der Waals surface area contributed by atoms with Crippen LogP contribution < -0.4 is 0 Å². The fourth-order valence-corrected chi connectivity index (χ4v) is 3.36. The van der Waals surface area contributed by atoms with E-state index in [9.17, 15) is 4.79 Å². The maximum absolute atomic E-state index is 12.8. The Morgan fingerprint density at radius 3 is 2.75 bits per heavy atom. The Kier molecular flexibility index (Phi) is 3.52. The molecule has 3 heterocycles. The number of benzene rings is 1. The molecule has 1 aromatic carbocycles. The molecule has 1 fully saturated rings. The second-order valence-electron chi connectivity index (χ2n) is 6.31. The highest BCUT2D eigenvalue weighted by Crippen LogP contribution is 2.24. The first kappa shape index (κ1) is 14.8. The van der Waals surface area contributed by atoms with Gasteiger partial charge in [-0.1, -0.05) is 12.1 Å². The van der Waals surface area contributed by atoms with Crippen molar-refractivity contribution in [1.82, 2.24) is 24.6 Å². The molecule has 6 heteroatoms. The van der Waals surface area contributed by atoms with Gasteiger partial charge in [-0.15, -0.1) is 0 Å². The molecule has 0 radical (unpaired) electrons. The predicted molar refractivity (Wildman–Crippen MR) is 90.8 cm³/mol. The molecule has 24 heavy (non-hydrogen) atoms. The highest BCUT2D eigenvalue weighted by Gasteiger charge is 2.30. The van der Waals surface area contributed by atoms with Crippen LogP contribution in [0.25, 0.3) is 11.0 Å². The maximum Gasteiger partial charge on any atom is 0.274 e. The second kappa shape index (κ2) is 5.70. The largest absolute Gasteiger partial charge is 0.335 e. The first-order valence-corrected chi connectivity index (χ1v) is 8.15. The Hall–Kier alpha value is -2.76. The third-order valence-corrected chi connectivity index (χ3v) is 4.51. The van der Waals surface area contributed by atoms with Crippen LogP contribution in [-0.2, 0) is 0 Å². The minimum absolute atomic E-state index is 0.0581. The Morgan fingerprint density at radius 2 is 2.00 bits per heavy atom. The number of carbonyl (C=O) groups excluding carboxylic acids is 1. The van der Waals surface area contributed by atoms with E-state index in [0.29, 0.717) is 12.2 Å². The summed E-state index contributed by atoms with van der Waals surface area (Å²) < 4.78 is 2.04. The molecule has 3 aromatic rings. The van der Waals surface area contributed by atoms with Crippen LogP contribution in [0.3, 0.4) is 0 Å². The van der Waals surface area contributed by atoms with E-state index < -0.39 is 0 Å². The summed E-state index contributed by atoms with van der Waals surface area (Å²) in [6.45, 7) is 5.43. The first-order valence-electron chi connectivity index (χ1n) is 8.15. The molecule has 6 nitrogen and oxygen atoms in total. The zero-order valence-electron chi connectivity index (χ0n) is 13.8. The number of aromatic nitrogens is 4. The summed E-state index contributed by atoms with van der Waals surface area (Å²) in [7, 11) is 0. The topological polar surface area (TPSA) is 63.9 Å².